The molecule has 3 aliphatic heterocycles. The molecule has 188 valence electrons. The van der Waals surface area contributed by atoms with Crippen molar-refractivity contribution in [2.45, 2.75) is 87.8 Å². The molecule has 0 aromatic heterocycles. The summed E-state index contributed by atoms with van der Waals surface area (Å²) in [4.78, 5) is 15.7. The number of hydrazine groups is 1. The third-order valence-corrected chi connectivity index (χ3v) is 8.58. The summed E-state index contributed by atoms with van der Waals surface area (Å²) in [5.41, 5.74) is 6.40. The number of ether oxygens (including phenoxy) is 2. The van der Waals surface area contributed by atoms with Gasteiger partial charge in [-0.3, -0.25) is 15.6 Å². The lowest BCUT2D eigenvalue weighted by Gasteiger charge is -2.39. The van der Waals surface area contributed by atoms with Gasteiger partial charge in [-0.1, -0.05) is 6.42 Å². The first-order valence-corrected chi connectivity index (χ1v) is 13.2. The summed E-state index contributed by atoms with van der Waals surface area (Å²) in [6.45, 7) is 4.57. The first kappa shape index (κ1) is 23.9. The second-order valence-corrected chi connectivity index (χ2v) is 10.9. The molecular weight excluding hydrogens is 424 g/mol. The molecule has 0 aromatic carbocycles. The van der Waals surface area contributed by atoms with E-state index in [0.717, 1.165) is 58.5 Å². The molecule has 5 N–H and O–H groups in total. The summed E-state index contributed by atoms with van der Waals surface area (Å²) in [6.07, 6.45) is 5.38. The Morgan fingerprint density at radius 2 is 2.03 bits per heavy atom. The van der Waals surface area contributed by atoms with Crippen molar-refractivity contribution in [2.24, 2.45) is 17.8 Å². The number of fused-ring (bicyclic) bond motifs is 1. The summed E-state index contributed by atoms with van der Waals surface area (Å²) in [7, 11) is 0. The van der Waals surface area contributed by atoms with Crippen LogP contribution in [0.3, 0.4) is 0 Å². The predicted molar refractivity (Wildman–Crippen MR) is 122 cm³/mol. The average molecular weight is 467 g/mol. The number of carbonyl (C=O) groups excluding carboxylic acids is 1. The van der Waals surface area contributed by atoms with Gasteiger partial charge >= 0.3 is 0 Å². The summed E-state index contributed by atoms with van der Waals surface area (Å²) in [6, 6.07) is 1.05. The van der Waals surface area contributed by atoms with Crippen molar-refractivity contribution in [3.05, 3.63) is 0 Å². The van der Waals surface area contributed by atoms with Crippen LogP contribution in [0.25, 0.3) is 0 Å². The van der Waals surface area contributed by atoms with Crippen molar-refractivity contribution >= 4 is 5.91 Å². The Morgan fingerprint density at radius 1 is 1.12 bits per heavy atom. The van der Waals surface area contributed by atoms with E-state index in [1.54, 1.807) is 0 Å². The average Bonchev–Trinajstić information content (AvgIpc) is 3.48. The lowest BCUT2D eigenvalue weighted by atomic mass is 9.78. The minimum Gasteiger partial charge on any atom is -0.393 e. The highest BCUT2D eigenvalue weighted by Crippen LogP contribution is 2.39. The maximum absolute atomic E-state index is 13.7. The zero-order valence-corrected chi connectivity index (χ0v) is 19.7. The molecule has 2 aliphatic carbocycles. The molecule has 9 nitrogen and oxygen atoms in total. The fourth-order valence-corrected chi connectivity index (χ4v) is 6.81. The zero-order chi connectivity index (χ0) is 22.8. The summed E-state index contributed by atoms with van der Waals surface area (Å²) < 4.78 is 11.7. The van der Waals surface area contributed by atoms with Crippen molar-refractivity contribution in [2.75, 3.05) is 39.5 Å². The van der Waals surface area contributed by atoms with Gasteiger partial charge in [0.05, 0.1) is 37.4 Å². The number of nitrogens with zero attached hydrogens (tertiary/aromatic N) is 1. The number of carbonyl (C=O) groups is 1. The van der Waals surface area contributed by atoms with Crippen molar-refractivity contribution in [1.29, 1.82) is 0 Å². The Kier molecular flexibility index (Phi) is 7.86. The number of aliphatic hydroxyl groups is 2. The first-order chi connectivity index (χ1) is 16.1. The molecule has 0 radical (unpaired) electrons. The topological polar surface area (TPSA) is 115 Å². The molecule has 33 heavy (non-hydrogen) atoms. The Morgan fingerprint density at radius 3 is 2.82 bits per heavy atom. The second kappa shape index (κ2) is 10.8. The van der Waals surface area contributed by atoms with Crippen molar-refractivity contribution < 1.29 is 24.5 Å². The fourth-order valence-electron chi connectivity index (χ4n) is 6.81. The Balaban J connectivity index is 1.22. The molecular formula is C24H42N4O5. The predicted octanol–water partition coefficient (Wildman–Crippen LogP) is -0.234. The number of likely N-dealkylation sites (tertiary alicyclic amines) is 1. The zero-order valence-electron chi connectivity index (χ0n) is 19.7. The van der Waals surface area contributed by atoms with Gasteiger partial charge in [-0.2, -0.15) is 0 Å². The molecule has 3 heterocycles. The van der Waals surface area contributed by atoms with Crippen LogP contribution in [0.2, 0.25) is 0 Å². The summed E-state index contributed by atoms with van der Waals surface area (Å²) in [5, 5.41) is 24.9. The maximum atomic E-state index is 13.7. The minimum atomic E-state index is -0.865. The van der Waals surface area contributed by atoms with Gasteiger partial charge in [0.25, 0.3) is 0 Å². The fraction of sp³-hybridized carbons (Fsp3) is 0.958. The Bertz CT molecular complexity index is 657. The highest BCUT2D eigenvalue weighted by molar-refractivity contribution is 5.80. The standard InChI is InChI=1S/C24H42N4O5/c29-18-9-21(30)23(22(10-18)33-14-17-4-2-7-25-27-17)24(31)28-11-15-3-1-5-20(19(15)12-28)26-16-6-8-32-13-16/h15-23,25-27,29-30H,1-14H2. The van der Waals surface area contributed by atoms with E-state index in [1.165, 1.54) is 12.8 Å². The van der Waals surface area contributed by atoms with Gasteiger partial charge < -0.3 is 29.9 Å². The molecule has 0 bridgehead atoms. The Hall–Kier alpha value is -0.810. The lowest BCUT2D eigenvalue weighted by molar-refractivity contribution is -0.157. The van der Waals surface area contributed by atoms with Crippen LogP contribution in [0, 0.1) is 17.8 Å². The van der Waals surface area contributed by atoms with Crippen molar-refractivity contribution in [1.82, 2.24) is 21.1 Å². The van der Waals surface area contributed by atoms with Gasteiger partial charge in [-0.25, -0.2) is 0 Å². The minimum absolute atomic E-state index is 0.00600. The highest BCUT2D eigenvalue weighted by atomic mass is 16.5. The van der Waals surface area contributed by atoms with Gasteiger partial charge in [-0.05, 0) is 43.9 Å². The molecule has 9 unspecified atom stereocenters. The van der Waals surface area contributed by atoms with E-state index >= 15 is 0 Å². The van der Waals surface area contributed by atoms with E-state index in [-0.39, 0.29) is 18.4 Å². The van der Waals surface area contributed by atoms with Crippen molar-refractivity contribution in [3.8, 4) is 0 Å². The van der Waals surface area contributed by atoms with Gasteiger partial charge in [0.1, 0.15) is 0 Å². The van der Waals surface area contributed by atoms with E-state index in [1.807, 2.05) is 4.90 Å². The number of hydrogen-bond donors (Lipinski definition) is 5. The van der Waals surface area contributed by atoms with Crippen LogP contribution < -0.4 is 16.2 Å². The van der Waals surface area contributed by atoms with E-state index in [0.29, 0.717) is 36.9 Å². The molecule has 5 rings (SSSR count). The monoisotopic (exact) mass is 466 g/mol. The van der Waals surface area contributed by atoms with Crippen LogP contribution in [0.1, 0.15) is 51.4 Å². The molecule has 5 fully saturated rings. The molecule has 0 aromatic rings. The number of rotatable bonds is 6. The van der Waals surface area contributed by atoms with Crippen LogP contribution in [-0.2, 0) is 14.3 Å². The van der Waals surface area contributed by atoms with E-state index in [4.69, 9.17) is 9.47 Å². The number of amides is 1. The SMILES string of the molecule is O=C(C1C(O)CC(O)CC1OCC1CCCNN1)N1CC2CCCC(NC3CCOC3)C2C1. The van der Waals surface area contributed by atoms with E-state index in [9.17, 15) is 15.0 Å². The summed E-state index contributed by atoms with van der Waals surface area (Å²) in [5.74, 6) is 0.392. The molecule has 9 heteroatoms. The van der Waals surface area contributed by atoms with E-state index < -0.39 is 24.2 Å². The molecule has 5 aliphatic rings. The molecule has 0 spiro atoms. The molecule has 1 amide bonds. The van der Waals surface area contributed by atoms with Gasteiger partial charge in [0, 0.05) is 57.2 Å². The third-order valence-electron chi connectivity index (χ3n) is 8.58. The highest BCUT2D eigenvalue weighted by Gasteiger charge is 2.48. The Labute approximate surface area is 196 Å². The van der Waals surface area contributed by atoms with Crippen LogP contribution in [0.15, 0.2) is 0 Å². The largest absolute Gasteiger partial charge is 0.393 e. The maximum Gasteiger partial charge on any atom is 0.230 e. The van der Waals surface area contributed by atoms with Crippen LogP contribution in [0.4, 0.5) is 0 Å². The molecule has 9 atom stereocenters. The smallest absolute Gasteiger partial charge is 0.230 e. The number of nitrogens with one attached hydrogen (secondary N) is 3. The van der Waals surface area contributed by atoms with Gasteiger partial charge in [0.15, 0.2) is 0 Å². The van der Waals surface area contributed by atoms with Crippen LogP contribution >= 0.6 is 0 Å². The van der Waals surface area contributed by atoms with E-state index in [2.05, 4.69) is 16.2 Å². The van der Waals surface area contributed by atoms with Crippen molar-refractivity contribution in [3.63, 3.8) is 0 Å². The van der Waals surface area contributed by atoms with Crippen LogP contribution in [0.5, 0.6) is 0 Å². The molecule has 2 saturated carbocycles. The second-order valence-electron chi connectivity index (χ2n) is 10.9. The quantitative estimate of drug-likeness (QED) is 0.365. The molecule has 3 saturated heterocycles. The van der Waals surface area contributed by atoms with Gasteiger partial charge in [0.2, 0.25) is 5.91 Å². The normalized spacial score (nSPS) is 44.1. The number of hydrogen-bond acceptors (Lipinski definition) is 8. The third kappa shape index (κ3) is 5.55. The summed E-state index contributed by atoms with van der Waals surface area (Å²) >= 11 is 0. The van der Waals surface area contributed by atoms with Gasteiger partial charge in [-0.15, -0.1) is 0 Å². The lowest BCUT2D eigenvalue weighted by Crippen LogP contribution is -2.54. The van der Waals surface area contributed by atoms with Crippen LogP contribution in [-0.4, -0.2) is 96.9 Å². The first-order valence-electron chi connectivity index (χ1n) is 13.2. The number of aliphatic hydroxyl groups excluding tert-OH is 2.